The Morgan fingerprint density at radius 2 is 2.00 bits per heavy atom. The summed E-state index contributed by atoms with van der Waals surface area (Å²) in [4.78, 5) is 32.9. The second-order valence-corrected chi connectivity index (χ2v) is 8.06. The first kappa shape index (κ1) is 22.3. The zero-order valence-corrected chi connectivity index (χ0v) is 18.0. The number of hydrogen-bond acceptors (Lipinski definition) is 5. The zero-order valence-electron chi connectivity index (χ0n) is 18.0. The van der Waals surface area contributed by atoms with E-state index < -0.39 is 5.82 Å². The maximum absolute atomic E-state index is 13.7. The maximum Gasteiger partial charge on any atom is 0.257 e. The number of para-hydroxylation sites is 1. The molecule has 2 amide bonds. The Labute approximate surface area is 181 Å². The number of rotatable bonds is 6. The molecule has 7 nitrogen and oxygen atoms in total. The van der Waals surface area contributed by atoms with E-state index in [1.54, 1.807) is 21.9 Å². The molecule has 2 aromatic rings. The van der Waals surface area contributed by atoms with E-state index >= 15 is 0 Å². The molecule has 1 aliphatic rings. The molecular weight excluding hydrogens is 397 g/mol. The normalized spacial score (nSPS) is 14.6. The summed E-state index contributed by atoms with van der Waals surface area (Å²) in [7, 11) is 0. The highest BCUT2D eigenvalue weighted by molar-refractivity contribution is 5.99. The van der Waals surface area contributed by atoms with Crippen LogP contribution < -0.4 is 16.0 Å². The minimum atomic E-state index is -0.617. The van der Waals surface area contributed by atoms with Crippen LogP contribution in [-0.2, 0) is 0 Å². The van der Waals surface area contributed by atoms with Crippen molar-refractivity contribution in [1.82, 2.24) is 15.2 Å². The lowest BCUT2D eigenvalue weighted by atomic mass is 9.98. The van der Waals surface area contributed by atoms with E-state index in [0.717, 1.165) is 0 Å². The molecule has 1 aliphatic heterocycles. The number of carbonyl (C=O) groups is 2. The molecule has 0 spiro atoms. The number of amides is 2. The number of pyridine rings is 1. The van der Waals surface area contributed by atoms with Gasteiger partial charge in [-0.05, 0) is 42.2 Å². The van der Waals surface area contributed by atoms with E-state index in [0.29, 0.717) is 36.3 Å². The van der Waals surface area contributed by atoms with Crippen LogP contribution in [0.5, 0.6) is 0 Å². The van der Waals surface area contributed by atoms with Gasteiger partial charge in [0.25, 0.3) is 11.8 Å². The van der Waals surface area contributed by atoms with Crippen molar-refractivity contribution >= 4 is 23.3 Å². The molecule has 164 valence electrons. The lowest BCUT2D eigenvalue weighted by Crippen LogP contribution is -2.43. The fourth-order valence-corrected chi connectivity index (χ4v) is 3.06. The van der Waals surface area contributed by atoms with Crippen molar-refractivity contribution in [2.45, 2.75) is 20.8 Å². The molecule has 0 fully saturated rings. The number of halogens is 1. The van der Waals surface area contributed by atoms with Crippen LogP contribution in [-0.4, -0.2) is 41.5 Å². The maximum atomic E-state index is 13.7. The number of nitrogens with two attached hydrogens (primary N) is 1. The van der Waals surface area contributed by atoms with E-state index in [1.807, 2.05) is 12.3 Å². The molecule has 8 heteroatoms. The first-order valence-corrected chi connectivity index (χ1v) is 10.3. The van der Waals surface area contributed by atoms with Crippen LogP contribution in [0.4, 0.5) is 15.9 Å². The highest BCUT2D eigenvalue weighted by Gasteiger charge is 2.23. The fourth-order valence-electron chi connectivity index (χ4n) is 3.06. The lowest BCUT2D eigenvalue weighted by molar-refractivity contribution is 0.0772. The van der Waals surface area contributed by atoms with Gasteiger partial charge in [0.2, 0.25) is 0 Å². The molecule has 1 unspecified atom stereocenters. The Morgan fingerprint density at radius 3 is 2.68 bits per heavy atom. The number of aromatic nitrogens is 1. The van der Waals surface area contributed by atoms with E-state index in [1.165, 1.54) is 24.4 Å². The van der Waals surface area contributed by atoms with Crippen molar-refractivity contribution < 1.29 is 14.0 Å². The average Bonchev–Trinajstić information content (AvgIpc) is 2.78. The van der Waals surface area contributed by atoms with Gasteiger partial charge in [-0.25, -0.2) is 9.37 Å². The third-order valence-corrected chi connectivity index (χ3v) is 5.53. The molecule has 0 aliphatic carbocycles. The van der Waals surface area contributed by atoms with Crippen molar-refractivity contribution in [3.05, 3.63) is 65.7 Å². The van der Waals surface area contributed by atoms with Gasteiger partial charge in [0.1, 0.15) is 11.6 Å². The monoisotopic (exact) mass is 425 g/mol. The van der Waals surface area contributed by atoms with Gasteiger partial charge in [-0.3, -0.25) is 9.59 Å². The standard InChI is InChI=1S/C23H28FN5O2/c1-15(2)16(3)12-27-22(30)17-8-9-20(26-13-17)28-10-5-11-29(14-28)23(31)18-6-4-7-19(24)21(18)25/h4-10,13,15-16H,11-12,14,25H2,1-3H3,(H,27,30). The smallest absolute Gasteiger partial charge is 0.257 e. The minimum absolute atomic E-state index is 0.130. The first-order valence-electron chi connectivity index (χ1n) is 10.3. The van der Waals surface area contributed by atoms with Crippen LogP contribution in [0.25, 0.3) is 0 Å². The largest absolute Gasteiger partial charge is 0.396 e. The molecular formula is C23H28FN5O2. The summed E-state index contributed by atoms with van der Waals surface area (Å²) in [5.74, 6) is 0.313. The van der Waals surface area contributed by atoms with Gasteiger partial charge >= 0.3 is 0 Å². The Morgan fingerprint density at radius 1 is 1.23 bits per heavy atom. The predicted molar refractivity (Wildman–Crippen MR) is 119 cm³/mol. The van der Waals surface area contributed by atoms with Gasteiger partial charge in [0, 0.05) is 25.5 Å². The van der Waals surface area contributed by atoms with Crippen LogP contribution in [0.1, 0.15) is 41.5 Å². The van der Waals surface area contributed by atoms with Crippen molar-refractivity contribution in [2.75, 3.05) is 30.4 Å². The quantitative estimate of drug-likeness (QED) is 0.693. The van der Waals surface area contributed by atoms with Crippen molar-refractivity contribution in [1.29, 1.82) is 0 Å². The summed E-state index contributed by atoms with van der Waals surface area (Å²) in [6, 6.07) is 7.63. The van der Waals surface area contributed by atoms with Crippen LogP contribution in [0.15, 0.2) is 48.8 Å². The van der Waals surface area contributed by atoms with E-state index in [4.69, 9.17) is 5.73 Å². The molecule has 0 radical (unpaired) electrons. The number of nitrogen functional groups attached to an aromatic ring is 1. The molecule has 31 heavy (non-hydrogen) atoms. The van der Waals surface area contributed by atoms with Gasteiger partial charge in [0.05, 0.1) is 23.5 Å². The number of benzene rings is 1. The number of anilines is 2. The number of nitrogens with one attached hydrogen (secondary N) is 1. The highest BCUT2D eigenvalue weighted by atomic mass is 19.1. The number of hydrogen-bond donors (Lipinski definition) is 2. The van der Waals surface area contributed by atoms with Crippen LogP contribution in [0.3, 0.4) is 0 Å². The second-order valence-electron chi connectivity index (χ2n) is 8.06. The van der Waals surface area contributed by atoms with Crippen molar-refractivity contribution in [3.8, 4) is 0 Å². The third kappa shape index (κ3) is 5.20. The zero-order chi connectivity index (χ0) is 22.5. The third-order valence-electron chi connectivity index (χ3n) is 5.53. The van der Waals surface area contributed by atoms with Gasteiger partial charge in [-0.15, -0.1) is 0 Å². The molecule has 1 aromatic carbocycles. The molecule has 2 heterocycles. The lowest BCUT2D eigenvalue weighted by Gasteiger charge is -2.32. The SMILES string of the molecule is CC(C)C(C)CNC(=O)c1ccc(N2C=CCN(C(=O)c3cccc(F)c3N)C2)nc1. The van der Waals surface area contributed by atoms with Gasteiger partial charge < -0.3 is 20.9 Å². The van der Waals surface area contributed by atoms with Crippen LogP contribution in [0, 0.1) is 17.7 Å². The van der Waals surface area contributed by atoms with Gasteiger partial charge in [-0.2, -0.15) is 0 Å². The minimum Gasteiger partial charge on any atom is -0.396 e. The van der Waals surface area contributed by atoms with Gasteiger partial charge in [-0.1, -0.05) is 26.8 Å². The van der Waals surface area contributed by atoms with E-state index in [-0.39, 0.29) is 29.7 Å². The summed E-state index contributed by atoms with van der Waals surface area (Å²) in [6.07, 6.45) is 5.15. The van der Waals surface area contributed by atoms with Crippen molar-refractivity contribution in [2.24, 2.45) is 11.8 Å². The van der Waals surface area contributed by atoms with Crippen LogP contribution >= 0.6 is 0 Å². The molecule has 3 N–H and O–H groups in total. The average molecular weight is 426 g/mol. The van der Waals surface area contributed by atoms with E-state index in [9.17, 15) is 14.0 Å². The van der Waals surface area contributed by atoms with Gasteiger partial charge in [0.15, 0.2) is 0 Å². The molecule has 3 rings (SSSR count). The Hall–Kier alpha value is -3.42. The fraction of sp³-hybridized carbons (Fsp3) is 0.348. The summed E-state index contributed by atoms with van der Waals surface area (Å²) in [6.45, 7) is 7.55. The first-order chi connectivity index (χ1) is 14.8. The summed E-state index contributed by atoms with van der Waals surface area (Å²) in [5, 5.41) is 2.93. The molecule has 0 bridgehead atoms. The van der Waals surface area contributed by atoms with E-state index in [2.05, 4.69) is 31.1 Å². The molecule has 1 aromatic heterocycles. The predicted octanol–water partition coefficient (Wildman–Crippen LogP) is 3.26. The Bertz CT molecular complexity index is 974. The van der Waals surface area contributed by atoms with Crippen LogP contribution in [0.2, 0.25) is 0 Å². The number of carbonyl (C=O) groups excluding carboxylic acids is 2. The molecule has 0 saturated carbocycles. The Kier molecular flexibility index (Phi) is 6.89. The summed E-state index contributed by atoms with van der Waals surface area (Å²) < 4.78 is 13.7. The van der Waals surface area contributed by atoms with Crippen molar-refractivity contribution in [3.63, 3.8) is 0 Å². The molecule has 1 atom stereocenters. The summed E-state index contributed by atoms with van der Waals surface area (Å²) in [5.41, 5.74) is 6.18. The summed E-state index contributed by atoms with van der Waals surface area (Å²) >= 11 is 0. The topological polar surface area (TPSA) is 91.6 Å². The highest BCUT2D eigenvalue weighted by Crippen LogP contribution is 2.21. The number of nitrogens with zero attached hydrogens (tertiary/aromatic N) is 3. The Balaban J connectivity index is 1.66. The second kappa shape index (κ2) is 9.59. The molecule has 0 saturated heterocycles.